The second-order valence-corrected chi connectivity index (χ2v) is 7.08. The molecule has 0 unspecified atom stereocenters. The number of benzene rings is 1. The molecule has 1 aromatic carbocycles. The molecule has 1 aromatic heterocycles. The number of carboxylic acids is 2. The van der Waals surface area contributed by atoms with Crippen molar-refractivity contribution in [2.75, 3.05) is 0 Å². The highest BCUT2D eigenvalue weighted by atomic mass is 16.4. The van der Waals surface area contributed by atoms with Crippen LogP contribution < -0.4 is 5.73 Å². The highest BCUT2D eigenvalue weighted by molar-refractivity contribution is 5.89. The van der Waals surface area contributed by atoms with E-state index < -0.39 is 11.9 Å². The van der Waals surface area contributed by atoms with Crippen molar-refractivity contribution in [1.82, 2.24) is 4.57 Å². The standard InChI is InChI=1S/C17H22N2.C4H4O4/c1-11(2)13-4-5-14-8-15-6-7-19(10-12(3)18)17(15)16(14)9-13;5-3(6)1-2-4(7)8/h4-7,9,11-12H,8,10,18H2,1-3H3;1-2H,(H,5,6)(H,7,8)/b;2-1+/t12-;/m0./s1. The van der Waals surface area contributed by atoms with Gasteiger partial charge >= 0.3 is 11.9 Å². The molecule has 144 valence electrons. The Morgan fingerprint density at radius 1 is 1.11 bits per heavy atom. The molecule has 0 aliphatic heterocycles. The van der Waals surface area contributed by atoms with E-state index in [0.29, 0.717) is 18.1 Å². The van der Waals surface area contributed by atoms with Gasteiger partial charge in [-0.3, -0.25) is 0 Å². The van der Waals surface area contributed by atoms with Crippen molar-refractivity contribution in [2.45, 2.75) is 45.7 Å². The third kappa shape index (κ3) is 5.31. The Hall–Kier alpha value is -2.86. The van der Waals surface area contributed by atoms with Gasteiger partial charge in [0, 0.05) is 42.9 Å². The number of carboxylic acid groups (broad SMARTS) is 2. The van der Waals surface area contributed by atoms with Gasteiger partial charge in [0.1, 0.15) is 0 Å². The van der Waals surface area contributed by atoms with E-state index in [1.807, 2.05) is 0 Å². The highest BCUT2D eigenvalue weighted by Gasteiger charge is 2.23. The molecule has 1 heterocycles. The zero-order chi connectivity index (χ0) is 20.1. The molecule has 4 N–H and O–H groups in total. The largest absolute Gasteiger partial charge is 0.478 e. The SMILES string of the molecule is CC(C)c1ccc2c(c1)-c1c(ccn1C[C@H](C)N)C2.O=C(O)/C=C/C(=O)O. The lowest BCUT2D eigenvalue weighted by atomic mass is 9.98. The summed E-state index contributed by atoms with van der Waals surface area (Å²) < 4.78 is 2.32. The molecule has 6 nitrogen and oxygen atoms in total. The Labute approximate surface area is 158 Å². The van der Waals surface area contributed by atoms with Gasteiger partial charge in [-0.25, -0.2) is 9.59 Å². The van der Waals surface area contributed by atoms with Crippen LogP contribution in [0.2, 0.25) is 0 Å². The van der Waals surface area contributed by atoms with Gasteiger partial charge in [-0.15, -0.1) is 0 Å². The summed E-state index contributed by atoms with van der Waals surface area (Å²) in [5.41, 5.74) is 13.1. The lowest BCUT2D eigenvalue weighted by Crippen LogP contribution is -2.22. The second kappa shape index (κ2) is 8.68. The zero-order valence-electron chi connectivity index (χ0n) is 15.8. The third-order valence-electron chi connectivity index (χ3n) is 4.34. The van der Waals surface area contributed by atoms with E-state index in [1.54, 1.807) is 0 Å². The lowest BCUT2D eigenvalue weighted by Gasteiger charge is -2.13. The molecule has 1 aliphatic carbocycles. The maximum Gasteiger partial charge on any atom is 0.328 e. The van der Waals surface area contributed by atoms with Crippen LogP contribution in [0.4, 0.5) is 0 Å². The molecule has 0 amide bonds. The molecule has 0 fully saturated rings. The van der Waals surface area contributed by atoms with E-state index in [1.165, 1.54) is 27.9 Å². The molecule has 3 rings (SSSR count). The van der Waals surface area contributed by atoms with Gasteiger partial charge in [0.15, 0.2) is 0 Å². The van der Waals surface area contributed by atoms with Gasteiger partial charge in [0.2, 0.25) is 0 Å². The first-order valence-electron chi connectivity index (χ1n) is 8.89. The summed E-state index contributed by atoms with van der Waals surface area (Å²) >= 11 is 0. The number of fused-ring (bicyclic) bond motifs is 3. The van der Waals surface area contributed by atoms with Crippen molar-refractivity contribution in [3.8, 4) is 11.3 Å². The lowest BCUT2D eigenvalue weighted by molar-refractivity contribution is -0.134. The zero-order valence-corrected chi connectivity index (χ0v) is 15.8. The van der Waals surface area contributed by atoms with Gasteiger partial charge < -0.3 is 20.5 Å². The number of aliphatic carboxylic acids is 2. The van der Waals surface area contributed by atoms with Crippen molar-refractivity contribution < 1.29 is 19.8 Å². The minimum Gasteiger partial charge on any atom is -0.478 e. The summed E-state index contributed by atoms with van der Waals surface area (Å²) in [6, 6.07) is 9.36. The van der Waals surface area contributed by atoms with Crippen LogP contribution in [0.1, 0.15) is 43.4 Å². The quantitative estimate of drug-likeness (QED) is 0.598. The number of hydrogen-bond donors (Lipinski definition) is 3. The Morgan fingerprint density at radius 2 is 1.74 bits per heavy atom. The van der Waals surface area contributed by atoms with E-state index in [0.717, 1.165) is 13.0 Å². The fourth-order valence-electron chi connectivity index (χ4n) is 3.13. The van der Waals surface area contributed by atoms with Crippen LogP contribution in [-0.4, -0.2) is 32.8 Å². The molecule has 0 saturated heterocycles. The molecule has 0 saturated carbocycles. The van der Waals surface area contributed by atoms with Crippen LogP contribution >= 0.6 is 0 Å². The van der Waals surface area contributed by atoms with Crippen molar-refractivity contribution in [1.29, 1.82) is 0 Å². The predicted octanol–water partition coefficient (Wildman–Crippen LogP) is 3.24. The van der Waals surface area contributed by atoms with Crippen molar-refractivity contribution >= 4 is 11.9 Å². The number of aromatic nitrogens is 1. The maximum absolute atomic E-state index is 9.55. The number of nitrogens with two attached hydrogens (primary N) is 1. The molecule has 6 heteroatoms. The van der Waals surface area contributed by atoms with Gasteiger partial charge in [-0.05, 0) is 41.7 Å². The fourth-order valence-corrected chi connectivity index (χ4v) is 3.13. The van der Waals surface area contributed by atoms with E-state index in [-0.39, 0.29) is 6.04 Å². The first-order valence-corrected chi connectivity index (χ1v) is 8.89. The topological polar surface area (TPSA) is 106 Å². The van der Waals surface area contributed by atoms with Crippen LogP contribution in [0.3, 0.4) is 0 Å². The van der Waals surface area contributed by atoms with Crippen LogP contribution in [0.15, 0.2) is 42.6 Å². The first-order chi connectivity index (χ1) is 12.7. The van der Waals surface area contributed by atoms with Gasteiger partial charge in [0.05, 0.1) is 5.69 Å². The summed E-state index contributed by atoms with van der Waals surface area (Å²) in [5.74, 6) is -1.94. The molecular formula is C21H26N2O4. The normalized spacial score (nSPS) is 13.1. The summed E-state index contributed by atoms with van der Waals surface area (Å²) in [4.78, 5) is 19.1. The number of rotatable bonds is 5. The molecular weight excluding hydrogens is 344 g/mol. The number of carbonyl (C=O) groups is 2. The Kier molecular flexibility index (Phi) is 6.58. The average molecular weight is 370 g/mol. The van der Waals surface area contributed by atoms with Crippen LogP contribution in [0.5, 0.6) is 0 Å². The third-order valence-corrected chi connectivity index (χ3v) is 4.34. The molecule has 0 spiro atoms. The summed E-state index contributed by atoms with van der Waals surface area (Å²) in [6.45, 7) is 7.45. The molecule has 27 heavy (non-hydrogen) atoms. The van der Waals surface area contributed by atoms with Crippen LogP contribution in [0, 0.1) is 0 Å². The van der Waals surface area contributed by atoms with E-state index >= 15 is 0 Å². The van der Waals surface area contributed by atoms with Crippen molar-refractivity contribution in [2.24, 2.45) is 5.73 Å². The summed E-state index contributed by atoms with van der Waals surface area (Å²) in [7, 11) is 0. The fraction of sp³-hybridized carbons (Fsp3) is 0.333. The number of hydrogen-bond acceptors (Lipinski definition) is 3. The highest BCUT2D eigenvalue weighted by Crippen LogP contribution is 2.38. The first kappa shape index (κ1) is 20.5. The minimum atomic E-state index is -1.26. The maximum atomic E-state index is 9.55. The molecule has 2 aromatic rings. The van der Waals surface area contributed by atoms with Gasteiger partial charge in [0.25, 0.3) is 0 Å². The molecule has 1 aliphatic rings. The smallest absolute Gasteiger partial charge is 0.328 e. The monoisotopic (exact) mass is 370 g/mol. The molecule has 0 bridgehead atoms. The number of nitrogens with zero attached hydrogens (tertiary/aromatic N) is 1. The van der Waals surface area contributed by atoms with E-state index in [9.17, 15) is 9.59 Å². The Morgan fingerprint density at radius 3 is 2.26 bits per heavy atom. The molecule has 0 radical (unpaired) electrons. The van der Waals surface area contributed by atoms with Crippen molar-refractivity contribution in [3.05, 3.63) is 59.3 Å². The average Bonchev–Trinajstić information content (AvgIpc) is 3.12. The van der Waals surface area contributed by atoms with Crippen LogP contribution in [0.25, 0.3) is 11.3 Å². The van der Waals surface area contributed by atoms with Gasteiger partial charge in [-0.1, -0.05) is 26.0 Å². The van der Waals surface area contributed by atoms with E-state index in [4.69, 9.17) is 15.9 Å². The van der Waals surface area contributed by atoms with Crippen LogP contribution in [-0.2, 0) is 22.6 Å². The van der Waals surface area contributed by atoms with Crippen molar-refractivity contribution in [3.63, 3.8) is 0 Å². The van der Waals surface area contributed by atoms with Gasteiger partial charge in [-0.2, -0.15) is 0 Å². The summed E-state index contributed by atoms with van der Waals surface area (Å²) in [5, 5.41) is 15.6. The molecule has 1 atom stereocenters. The second-order valence-electron chi connectivity index (χ2n) is 7.08. The summed E-state index contributed by atoms with van der Waals surface area (Å²) in [6.07, 6.45) is 4.36. The predicted molar refractivity (Wildman–Crippen MR) is 105 cm³/mol. The van der Waals surface area contributed by atoms with E-state index in [2.05, 4.69) is 55.8 Å². The minimum absolute atomic E-state index is 0.189. The Balaban J connectivity index is 0.000000279. The Bertz CT molecular complexity index is 847.